The number of nitrogens with one attached hydrogen (secondary N) is 1. The largest absolute Gasteiger partial charge is 0.416 e. The van der Waals surface area contributed by atoms with E-state index in [2.05, 4.69) is 10.1 Å². The highest BCUT2D eigenvalue weighted by atomic mass is 32.2. The molecule has 22 heavy (non-hydrogen) atoms. The number of nitrogens with zero attached hydrogens (tertiary/aromatic N) is 3. The first-order valence-electron chi connectivity index (χ1n) is 5.42. The van der Waals surface area contributed by atoms with Crippen molar-refractivity contribution in [2.75, 3.05) is 0 Å². The van der Waals surface area contributed by atoms with Crippen LogP contribution in [0.4, 0.5) is 27.6 Å². The van der Waals surface area contributed by atoms with E-state index in [1.54, 1.807) is 0 Å². The summed E-state index contributed by atoms with van der Waals surface area (Å²) >= 11 is 0.504. The minimum absolute atomic E-state index is 0.196. The zero-order valence-electron chi connectivity index (χ0n) is 10.3. The molecule has 0 spiro atoms. The molecule has 0 saturated carbocycles. The molecule has 0 unspecified atom stereocenters. The topological polar surface area (TPSA) is 84.7 Å². The second-order valence-corrected chi connectivity index (χ2v) is 4.85. The summed E-state index contributed by atoms with van der Waals surface area (Å²) in [5, 5.41) is 15.9. The Morgan fingerprint density at radius 1 is 1.32 bits per heavy atom. The summed E-state index contributed by atoms with van der Waals surface area (Å²) in [5.41, 5.74) is -2.00. The van der Waals surface area contributed by atoms with Gasteiger partial charge in [-0.1, -0.05) is 0 Å². The number of hydrogen-bond acceptors (Lipinski definition) is 5. The molecule has 2 aromatic rings. The molecule has 0 atom stereocenters. The van der Waals surface area contributed by atoms with E-state index in [-0.39, 0.29) is 10.1 Å². The van der Waals surface area contributed by atoms with Gasteiger partial charge in [0.05, 0.1) is 15.4 Å². The molecule has 0 radical (unpaired) electrons. The zero-order chi connectivity index (χ0) is 16.5. The molecule has 0 saturated heterocycles. The molecule has 1 aromatic carbocycles. The minimum atomic E-state index is -4.73. The molecular weight excluding hydrogens is 335 g/mol. The molecule has 0 fully saturated rings. The van der Waals surface area contributed by atoms with Crippen molar-refractivity contribution >= 4 is 17.4 Å². The summed E-state index contributed by atoms with van der Waals surface area (Å²) in [6.45, 7) is 0. The summed E-state index contributed by atoms with van der Waals surface area (Å²) in [4.78, 5) is 13.0. The fourth-order valence-electron chi connectivity index (χ4n) is 1.42. The van der Waals surface area contributed by atoms with Gasteiger partial charge in [-0.05, 0) is 23.9 Å². The molecule has 12 heteroatoms. The smallest absolute Gasteiger partial charge is 0.258 e. The van der Waals surface area contributed by atoms with E-state index in [1.807, 2.05) is 5.10 Å². The Hall–Kier alpha value is -2.24. The number of aromatic nitrogens is 3. The normalized spacial score (nSPS) is 11.9. The van der Waals surface area contributed by atoms with Crippen LogP contribution in [-0.2, 0) is 6.18 Å². The average molecular weight is 340 g/mol. The minimum Gasteiger partial charge on any atom is -0.258 e. The van der Waals surface area contributed by atoms with Crippen LogP contribution in [0.25, 0.3) is 0 Å². The van der Waals surface area contributed by atoms with Crippen LogP contribution >= 0.6 is 11.8 Å². The lowest BCUT2D eigenvalue weighted by atomic mass is 10.2. The van der Waals surface area contributed by atoms with Crippen LogP contribution in [0.15, 0.2) is 28.3 Å². The van der Waals surface area contributed by atoms with Crippen molar-refractivity contribution < 1.29 is 26.9 Å². The van der Waals surface area contributed by atoms with Crippen LogP contribution in [0.1, 0.15) is 17.8 Å². The van der Waals surface area contributed by atoms with Gasteiger partial charge in [0.15, 0.2) is 5.82 Å². The van der Waals surface area contributed by atoms with Crippen LogP contribution < -0.4 is 0 Å². The van der Waals surface area contributed by atoms with Gasteiger partial charge in [-0.3, -0.25) is 15.2 Å². The van der Waals surface area contributed by atoms with Crippen LogP contribution in [-0.4, -0.2) is 20.1 Å². The van der Waals surface area contributed by atoms with E-state index < -0.39 is 34.6 Å². The first kappa shape index (κ1) is 16.1. The fourth-order valence-corrected chi connectivity index (χ4v) is 2.23. The number of aromatic amines is 1. The number of alkyl halides is 5. The number of nitro groups is 1. The molecule has 0 aliphatic rings. The van der Waals surface area contributed by atoms with E-state index >= 15 is 0 Å². The van der Waals surface area contributed by atoms with Gasteiger partial charge in [0, 0.05) is 6.07 Å². The molecule has 1 heterocycles. The maximum Gasteiger partial charge on any atom is 0.416 e. The number of hydrogen-bond donors (Lipinski definition) is 1. The van der Waals surface area contributed by atoms with Crippen molar-refractivity contribution in [1.29, 1.82) is 0 Å². The highest BCUT2D eigenvalue weighted by Crippen LogP contribution is 2.38. The van der Waals surface area contributed by atoms with Crippen LogP contribution in [0.2, 0.25) is 0 Å². The van der Waals surface area contributed by atoms with E-state index in [4.69, 9.17) is 0 Å². The fraction of sp³-hybridized carbons (Fsp3) is 0.200. The Labute approximate surface area is 122 Å². The first-order valence-corrected chi connectivity index (χ1v) is 6.24. The molecular formula is C10H5F5N4O2S. The standard InChI is InChI=1S/C10H5F5N4O2S/c11-7(12)8-16-9(18-17-8)22-6-2-1-4(10(13,14)15)3-5(6)19(20)21/h1-3,7H,(H,16,17,18). The Balaban J connectivity index is 2.35. The van der Waals surface area contributed by atoms with E-state index in [9.17, 15) is 32.1 Å². The Morgan fingerprint density at radius 2 is 2.00 bits per heavy atom. The molecule has 1 aromatic heterocycles. The van der Waals surface area contributed by atoms with Gasteiger partial charge in [0.2, 0.25) is 5.16 Å². The number of halogens is 5. The summed E-state index contributed by atoms with van der Waals surface area (Å²) in [7, 11) is 0. The van der Waals surface area contributed by atoms with Crippen molar-refractivity contribution in [2.45, 2.75) is 22.7 Å². The van der Waals surface area contributed by atoms with Crippen molar-refractivity contribution in [3.05, 3.63) is 39.7 Å². The van der Waals surface area contributed by atoms with E-state index in [0.717, 1.165) is 6.07 Å². The summed E-state index contributed by atoms with van der Waals surface area (Å²) in [6.07, 6.45) is -7.65. The first-order chi connectivity index (χ1) is 10.2. The molecule has 2 rings (SSSR count). The molecule has 0 aliphatic carbocycles. The Morgan fingerprint density at radius 3 is 2.50 bits per heavy atom. The van der Waals surface area contributed by atoms with Gasteiger partial charge in [-0.25, -0.2) is 8.78 Å². The molecule has 6 nitrogen and oxygen atoms in total. The van der Waals surface area contributed by atoms with Gasteiger partial charge >= 0.3 is 6.18 Å². The van der Waals surface area contributed by atoms with Crippen LogP contribution in [0.5, 0.6) is 0 Å². The van der Waals surface area contributed by atoms with Crippen molar-refractivity contribution in [1.82, 2.24) is 15.2 Å². The van der Waals surface area contributed by atoms with Crippen molar-refractivity contribution in [3.63, 3.8) is 0 Å². The van der Waals surface area contributed by atoms with Gasteiger partial charge in [0.25, 0.3) is 12.1 Å². The maximum absolute atomic E-state index is 12.5. The quantitative estimate of drug-likeness (QED) is 0.519. The highest BCUT2D eigenvalue weighted by Gasteiger charge is 2.33. The number of nitro benzene ring substituents is 1. The SMILES string of the molecule is O=[N+]([O-])c1cc(C(F)(F)F)ccc1Sc1n[nH]c(C(F)F)n1. The summed E-state index contributed by atoms with van der Waals surface area (Å²) < 4.78 is 62.3. The van der Waals surface area contributed by atoms with Gasteiger partial charge in [0.1, 0.15) is 0 Å². The molecule has 0 aliphatic heterocycles. The maximum atomic E-state index is 12.5. The Bertz CT molecular complexity index is 703. The molecule has 0 bridgehead atoms. The number of benzene rings is 1. The van der Waals surface area contributed by atoms with Crippen LogP contribution in [0.3, 0.4) is 0 Å². The average Bonchev–Trinajstić information content (AvgIpc) is 2.86. The summed E-state index contributed by atoms with van der Waals surface area (Å²) in [5.74, 6) is -0.739. The van der Waals surface area contributed by atoms with Gasteiger partial charge in [-0.15, -0.1) is 5.10 Å². The van der Waals surface area contributed by atoms with E-state index in [1.165, 1.54) is 0 Å². The monoisotopic (exact) mass is 340 g/mol. The lowest BCUT2D eigenvalue weighted by Crippen LogP contribution is -2.05. The third-order valence-electron chi connectivity index (χ3n) is 2.37. The second-order valence-electron chi connectivity index (χ2n) is 3.84. The summed E-state index contributed by atoms with van der Waals surface area (Å²) in [6, 6.07) is 1.88. The Kier molecular flexibility index (Phi) is 4.30. The van der Waals surface area contributed by atoms with E-state index in [0.29, 0.717) is 23.9 Å². The van der Waals surface area contributed by atoms with Crippen LogP contribution in [0, 0.1) is 10.1 Å². The molecule has 0 amide bonds. The lowest BCUT2D eigenvalue weighted by Gasteiger charge is -2.07. The zero-order valence-corrected chi connectivity index (χ0v) is 11.1. The third-order valence-corrected chi connectivity index (χ3v) is 3.30. The highest BCUT2D eigenvalue weighted by molar-refractivity contribution is 7.99. The number of H-pyrrole nitrogens is 1. The molecule has 118 valence electrons. The van der Waals surface area contributed by atoms with Gasteiger partial charge in [-0.2, -0.15) is 18.2 Å². The molecule has 1 N–H and O–H groups in total. The predicted octanol–water partition coefficient (Wildman–Crippen LogP) is 3.82. The second kappa shape index (κ2) is 5.87. The predicted molar refractivity (Wildman–Crippen MR) is 63.6 cm³/mol. The third kappa shape index (κ3) is 3.50. The van der Waals surface area contributed by atoms with Gasteiger partial charge < -0.3 is 0 Å². The van der Waals surface area contributed by atoms with Crippen molar-refractivity contribution in [3.8, 4) is 0 Å². The van der Waals surface area contributed by atoms with Crippen molar-refractivity contribution in [2.24, 2.45) is 0 Å². The lowest BCUT2D eigenvalue weighted by molar-refractivity contribution is -0.388. The number of rotatable bonds is 4.